The highest BCUT2D eigenvalue weighted by Crippen LogP contribution is 2.19. The van der Waals surface area contributed by atoms with Crippen LogP contribution in [-0.2, 0) is 0 Å². The molecule has 3 rings (SSSR count). The van der Waals surface area contributed by atoms with Crippen molar-refractivity contribution in [2.75, 3.05) is 49.1 Å². The predicted molar refractivity (Wildman–Crippen MR) is 102 cm³/mol. The summed E-state index contributed by atoms with van der Waals surface area (Å²) in [5.41, 5.74) is 2.91. The lowest BCUT2D eigenvalue weighted by Crippen LogP contribution is -2.48. The van der Waals surface area contributed by atoms with Crippen LogP contribution in [0.2, 0.25) is 0 Å². The van der Waals surface area contributed by atoms with E-state index in [1.807, 2.05) is 23.2 Å². The molecule has 0 atom stereocenters. The van der Waals surface area contributed by atoms with Gasteiger partial charge in [0.25, 0.3) is 5.91 Å². The summed E-state index contributed by atoms with van der Waals surface area (Å²) in [6, 6.07) is 12.3. The average Bonchev–Trinajstić information content (AvgIpc) is 2.69. The smallest absolute Gasteiger partial charge is 0.255 e. The van der Waals surface area contributed by atoms with Gasteiger partial charge in [-0.05, 0) is 32.0 Å². The molecule has 0 bridgehead atoms. The van der Waals surface area contributed by atoms with E-state index in [2.05, 4.69) is 52.9 Å². The molecule has 5 heteroatoms. The first-order valence-electron chi connectivity index (χ1n) is 9.02. The van der Waals surface area contributed by atoms with Crippen LogP contribution in [0, 0.1) is 0 Å². The zero-order valence-electron chi connectivity index (χ0n) is 15.1. The lowest BCUT2D eigenvalue weighted by Gasteiger charge is -2.36. The SMILES string of the molecule is CCN(CC)c1cncc(C(=O)N2CCN(c3ccccc3)CC2)c1. The molecule has 0 aliphatic carbocycles. The van der Waals surface area contributed by atoms with Crippen LogP contribution in [0.4, 0.5) is 11.4 Å². The summed E-state index contributed by atoms with van der Waals surface area (Å²) in [7, 11) is 0. The van der Waals surface area contributed by atoms with Crippen LogP contribution in [0.5, 0.6) is 0 Å². The molecule has 1 aliphatic rings. The minimum Gasteiger partial charge on any atom is -0.371 e. The van der Waals surface area contributed by atoms with Gasteiger partial charge in [0.15, 0.2) is 0 Å². The highest BCUT2D eigenvalue weighted by Gasteiger charge is 2.23. The van der Waals surface area contributed by atoms with Gasteiger partial charge < -0.3 is 14.7 Å². The fourth-order valence-corrected chi connectivity index (χ4v) is 3.30. The molecule has 2 aromatic rings. The van der Waals surface area contributed by atoms with E-state index in [-0.39, 0.29) is 5.91 Å². The van der Waals surface area contributed by atoms with E-state index < -0.39 is 0 Å². The first-order chi connectivity index (χ1) is 12.2. The number of piperazine rings is 1. The third-order valence-corrected chi connectivity index (χ3v) is 4.79. The monoisotopic (exact) mass is 338 g/mol. The van der Waals surface area contributed by atoms with Crippen molar-refractivity contribution in [2.45, 2.75) is 13.8 Å². The second-order valence-corrected chi connectivity index (χ2v) is 6.22. The van der Waals surface area contributed by atoms with Gasteiger partial charge in [0.05, 0.1) is 17.4 Å². The second-order valence-electron chi connectivity index (χ2n) is 6.22. The Morgan fingerprint density at radius 1 is 1.04 bits per heavy atom. The van der Waals surface area contributed by atoms with Crippen LogP contribution >= 0.6 is 0 Å². The van der Waals surface area contributed by atoms with Crippen molar-refractivity contribution < 1.29 is 4.79 Å². The number of anilines is 2. The summed E-state index contributed by atoms with van der Waals surface area (Å²) in [4.78, 5) is 23.6. The fourth-order valence-electron chi connectivity index (χ4n) is 3.30. The van der Waals surface area contributed by atoms with Crippen LogP contribution in [0.1, 0.15) is 24.2 Å². The number of pyridine rings is 1. The minimum absolute atomic E-state index is 0.0780. The Hall–Kier alpha value is -2.56. The standard InChI is InChI=1S/C20H26N4O/c1-3-22(4-2)19-14-17(15-21-16-19)20(25)24-12-10-23(11-13-24)18-8-6-5-7-9-18/h5-9,14-16H,3-4,10-13H2,1-2H3. The molecule has 0 N–H and O–H groups in total. The Bertz CT molecular complexity index is 692. The Labute approximate surface area is 149 Å². The van der Waals surface area contributed by atoms with Gasteiger partial charge in [-0.25, -0.2) is 0 Å². The molecular weight excluding hydrogens is 312 g/mol. The van der Waals surface area contributed by atoms with Crippen molar-refractivity contribution in [2.24, 2.45) is 0 Å². The van der Waals surface area contributed by atoms with Crippen LogP contribution in [-0.4, -0.2) is 55.1 Å². The Morgan fingerprint density at radius 3 is 2.36 bits per heavy atom. The number of carbonyl (C=O) groups excluding carboxylic acids is 1. The third kappa shape index (κ3) is 3.92. The lowest BCUT2D eigenvalue weighted by molar-refractivity contribution is 0.0746. The quantitative estimate of drug-likeness (QED) is 0.840. The van der Waals surface area contributed by atoms with Crippen LogP contribution < -0.4 is 9.80 Å². The lowest BCUT2D eigenvalue weighted by atomic mass is 10.2. The Balaban J connectivity index is 1.66. The van der Waals surface area contributed by atoms with E-state index in [0.29, 0.717) is 5.56 Å². The molecule has 1 aromatic carbocycles. The maximum Gasteiger partial charge on any atom is 0.255 e. The normalized spacial score (nSPS) is 14.5. The molecule has 2 heterocycles. The minimum atomic E-state index is 0.0780. The largest absolute Gasteiger partial charge is 0.371 e. The number of rotatable bonds is 5. The molecule has 0 radical (unpaired) electrons. The van der Waals surface area contributed by atoms with Crippen molar-refractivity contribution in [3.63, 3.8) is 0 Å². The van der Waals surface area contributed by atoms with Gasteiger partial charge in [-0.15, -0.1) is 0 Å². The van der Waals surface area contributed by atoms with Crippen molar-refractivity contribution >= 4 is 17.3 Å². The number of para-hydroxylation sites is 1. The van der Waals surface area contributed by atoms with E-state index in [4.69, 9.17) is 0 Å². The van der Waals surface area contributed by atoms with Crippen molar-refractivity contribution in [1.82, 2.24) is 9.88 Å². The topological polar surface area (TPSA) is 39.7 Å². The highest BCUT2D eigenvalue weighted by atomic mass is 16.2. The van der Waals surface area contributed by atoms with Crippen molar-refractivity contribution in [3.8, 4) is 0 Å². The van der Waals surface area contributed by atoms with Crippen LogP contribution in [0.15, 0.2) is 48.8 Å². The van der Waals surface area contributed by atoms with Gasteiger partial charge in [0, 0.05) is 51.2 Å². The zero-order chi connectivity index (χ0) is 17.6. The molecule has 1 saturated heterocycles. The summed E-state index contributed by atoms with van der Waals surface area (Å²) < 4.78 is 0. The van der Waals surface area contributed by atoms with Gasteiger partial charge in [-0.3, -0.25) is 9.78 Å². The fraction of sp³-hybridized carbons (Fsp3) is 0.400. The van der Waals surface area contributed by atoms with Crippen molar-refractivity contribution in [3.05, 3.63) is 54.4 Å². The van der Waals surface area contributed by atoms with Crippen molar-refractivity contribution in [1.29, 1.82) is 0 Å². The predicted octanol–water partition coefficient (Wildman–Crippen LogP) is 2.89. The number of nitrogens with zero attached hydrogens (tertiary/aromatic N) is 4. The average molecular weight is 338 g/mol. The molecule has 132 valence electrons. The van der Waals surface area contributed by atoms with Crippen LogP contribution in [0.3, 0.4) is 0 Å². The highest BCUT2D eigenvalue weighted by molar-refractivity contribution is 5.95. The number of hydrogen-bond acceptors (Lipinski definition) is 4. The molecule has 5 nitrogen and oxygen atoms in total. The van der Waals surface area contributed by atoms with Gasteiger partial charge in [0.2, 0.25) is 0 Å². The first-order valence-corrected chi connectivity index (χ1v) is 9.02. The molecule has 1 aromatic heterocycles. The third-order valence-electron chi connectivity index (χ3n) is 4.79. The summed E-state index contributed by atoms with van der Waals surface area (Å²) >= 11 is 0. The zero-order valence-corrected chi connectivity index (χ0v) is 15.1. The molecule has 0 saturated carbocycles. The molecule has 0 spiro atoms. The van der Waals surface area contributed by atoms with E-state index in [0.717, 1.165) is 45.0 Å². The molecule has 0 unspecified atom stereocenters. The summed E-state index contributed by atoms with van der Waals surface area (Å²) in [5, 5.41) is 0. The Kier molecular flexibility index (Phi) is 5.53. The number of benzene rings is 1. The summed E-state index contributed by atoms with van der Waals surface area (Å²) in [6.45, 7) is 9.24. The van der Waals surface area contributed by atoms with Crippen LogP contribution in [0.25, 0.3) is 0 Å². The number of amides is 1. The van der Waals surface area contributed by atoms with E-state index in [1.54, 1.807) is 6.20 Å². The van der Waals surface area contributed by atoms with E-state index >= 15 is 0 Å². The van der Waals surface area contributed by atoms with Gasteiger partial charge in [-0.1, -0.05) is 18.2 Å². The first kappa shape index (κ1) is 17.3. The van der Waals surface area contributed by atoms with Gasteiger partial charge in [0.1, 0.15) is 0 Å². The molecule has 1 amide bonds. The molecule has 25 heavy (non-hydrogen) atoms. The molecule has 1 fully saturated rings. The van der Waals surface area contributed by atoms with E-state index in [9.17, 15) is 4.79 Å². The van der Waals surface area contributed by atoms with E-state index in [1.165, 1.54) is 5.69 Å². The maximum absolute atomic E-state index is 12.8. The number of carbonyl (C=O) groups is 1. The summed E-state index contributed by atoms with van der Waals surface area (Å²) in [5.74, 6) is 0.0780. The maximum atomic E-state index is 12.8. The van der Waals surface area contributed by atoms with Gasteiger partial charge in [-0.2, -0.15) is 0 Å². The number of hydrogen-bond donors (Lipinski definition) is 0. The molecular formula is C20H26N4O. The number of aromatic nitrogens is 1. The second kappa shape index (κ2) is 8.01. The Morgan fingerprint density at radius 2 is 1.72 bits per heavy atom. The van der Waals surface area contributed by atoms with Gasteiger partial charge >= 0.3 is 0 Å². The molecule has 1 aliphatic heterocycles. The summed E-state index contributed by atoms with van der Waals surface area (Å²) in [6.07, 6.45) is 3.51.